The molecule has 0 atom stereocenters. The summed E-state index contributed by atoms with van der Waals surface area (Å²) in [7, 11) is 0. The molecule has 0 aliphatic carbocycles. The molecule has 0 aliphatic rings. The predicted molar refractivity (Wildman–Crippen MR) is 53.1 cm³/mol. The molecule has 0 unspecified atom stereocenters. The zero-order chi connectivity index (χ0) is 9.26. The maximum absolute atomic E-state index is 8.56. The maximum Gasteiger partial charge on any atom is 0.107 e. The predicted octanol–water partition coefficient (Wildman–Crippen LogP) is 2.39. The van der Waals surface area contributed by atoms with Crippen molar-refractivity contribution in [2.75, 3.05) is 0 Å². The van der Waals surface area contributed by atoms with Crippen LogP contribution >= 0.6 is 15.9 Å². The minimum Gasteiger partial charge on any atom is -0.280 e. The number of nitriles is 1. The van der Waals surface area contributed by atoms with Crippen LogP contribution in [0.3, 0.4) is 0 Å². The Morgan fingerprint density at radius 3 is 3.15 bits per heavy atom. The number of hydrogen-bond acceptors (Lipinski definition) is 2. The lowest BCUT2D eigenvalue weighted by Crippen LogP contribution is -1.80. The lowest BCUT2D eigenvalue weighted by Gasteiger charge is -1.91. The first kappa shape index (κ1) is 8.27. The zero-order valence-corrected chi connectivity index (χ0v) is 8.30. The molecule has 1 N–H and O–H groups in total. The van der Waals surface area contributed by atoms with Gasteiger partial charge in [-0.05, 0) is 22.0 Å². The average molecular weight is 236 g/mol. The number of fused-ring (bicyclic) bond motifs is 1. The zero-order valence-electron chi connectivity index (χ0n) is 6.71. The van der Waals surface area contributed by atoms with Crippen molar-refractivity contribution < 1.29 is 0 Å². The molecule has 4 heteroatoms. The average Bonchev–Trinajstić information content (AvgIpc) is 2.51. The first-order valence-electron chi connectivity index (χ1n) is 3.81. The van der Waals surface area contributed by atoms with Crippen LogP contribution in [0.15, 0.2) is 22.7 Å². The van der Waals surface area contributed by atoms with Crippen LogP contribution in [0.5, 0.6) is 0 Å². The molecule has 2 aromatic rings. The number of para-hydroxylation sites is 1. The first-order chi connectivity index (χ1) is 6.33. The minimum atomic E-state index is 0.368. The maximum atomic E-state index is 8.56. The summed E-state index contributed by atoms with van der Waals surface area (Å²) >= 11 is 3.40. The number of aromatic nitrogens is 2. The standard InChI is InChI=1S/C9H6BrN3/c10-7-3-1-2-6-8(4-5-11)12-13-9(6)7/h1-3H,4H2,(H,12,13). The van der Waals surface area contributed by atoms with Gasteiger partial charge in [-0.25, -0.2) is 0 Å². The molecule has 0 spiro atoms. The Bertz CT molecular complexity index is 481. The van der Waals surface area contributed by atoms with Crippen molar-refractivity contribution in [2.24, 2.45) is 0 Å². The van der Waals surface area contributed by atoms with Crippen LogP contribution in [-0.2, 0) is 6.42 Å². The van der Waals surface area contributed by atoms with E-state index in [4.69, 9.17) is 5.26 Å². The Hall–Kier alpha value is -1.34. The van der Waals surface area contributed by atoms with Crippen molar-refractivity contribution in [3.63, 3.8) is 0 Å². The lowest BCUT2D eigenvalue weighted by atomic mass is 10.2. The number of nitrogens with one attached hydrogen (secondary N) is 1. The molecule has 0 saturated heterocycles. The second-order valence-corrected chi connectivity index (χ2v) is 3.53. The van der Waals surface area contributed by atoms with Gasteiger partial charge in [0, 0.05) is 9.86 Å². The molecule has 0 amide bonds. The Balaban J connectivity index is 2.70. The molecule has 1 aromatic carbocycles. The highest BCUT2D eigenvalue weighted by Crippen LogP contribution is 2.23. The van der Waals surface area contributed by atoms with Crippen LogP contribution in [0.1, 0.15) is 5.69 Å². The first-order valence-corrected chi connectivity index (χ1v) is 4.60. The summed E-state index contributed by atoms with van der Waals surface area (Å²) in [6.07, 6.45) is 0.368. The molecule has 3 nitrogen and oxygen atoms in total. The SMILES string of the molecule is N#CCc1[nH]nc2c(Br)cccc12. The fraction of sp³-hybridized carbons (Fsp3) is 0.111. The molecule has 0 fully saturated rings. The van der Waals surface area contributed by atoms with Gasteiger partial charge in [0.2, 0.25) is 0 Å². The van der Waals surface area contributed by atoms with E-state index in [0.717, 1.165) is 21.1 Å². The summed E-state index contributed by atoms with van der Waals surface area (Å²) in [5, 5.41) is 16.5. The number of nitrogens with zero attached hydrogens (tertiary/aromatic N) is 2. The van der Waals surface area contributed by atoms with E-state index in [0.29, 0.717) is 6.42 Å². The van der Waals surface area contributed by atoms with E-state index in [1.165, 1.54) is 0 Å². The Morgan fingerprint density at radius 1 is 1.54 bits per heavy atom. The monoisotopic (exact) mass is 235 g/mol. The topological polar surface area (TPSA) is 52.5 Å². The van der Waals surface area contributed by atoms with E-state index in [1.807, 2.05) is 18.2 Å². The highest BCUT2D eigenvalue weighted by atomic mass is 79.9. The van der Waals surface area contributed by atoms with Gasteiger partial charge in [0.25, 0.3) is 0 Å². The van der Waals surface area contributed by atoms with Gasteiger partial charge < -0.3 is 0 Å². The summed E-state index contributed by atoms with van der Waals surface area (Å²) in [5.74, 6) is 0. The number of H-pyrrole nitrogens is 1. The number of benzene rings is 1. The number of aromatic amines is 1. The van der Waals surface area contributed by atoms with Gasteiger partial charge in [-0.2, -0.15) is 10.4 Å². The van der Waals surface area contributed by atoms with E-state index in [9.17, 15) is 0 Å². The molecular formula is C9H6BrN3. The van der Waals surface area contributed by atoms with Crippen molar-refractivity contribution in [2.45, 2.75) is 6.42 Å². The number of halogens is 1. The van der Waals surface area contributed by atoms with E-state index in [2.05, 4.69) is 32.2 Å². The molecular weight excluding hydrogens is 230 g/mol. The quantitative estimate of drug-likeness (QED) is 0.826. The lowest BCUT2D eigenvalue weighted by molar-refractivity contribution is 1.03. The van der Waals surface area contributed by atoms with Crippen LogP contribution in [0, 0.1) is 11.3 Å². The molecule has 0 bridgehead atoms. The molecule has 0 aliphatic heterocycles. The van der Waals surface area contributed by atoms with Gasteiger partial charge in [0.15, 0.2) is 0 Å². The summed E-state index contributed by atoms with van der Waals surface area (Å²) in [6.45, 7) is 0. The van der Waals surface area contributed by atoms with Gasteiger partial charge in [0.05, 0.1) is 18.2 Å². The van der Waals surface area contributed by atoms with Crippen molar-refractivity contribution in [3.8, 4) is 6.07 Å². The highest BCUT2D eigenvalue weighted by Gasteiger charge is 2.06. The van der Waals surface area contributed by atoms with Gasteiger partial charge in [0.1, 0.15) is 5.52 Å². The largest absolute Gasteiger partial charge is 0.280 e. The normalized spacial score (nSPS) is 10.2. The van der Waals surface area contributed by atoms with E-state index in [-0.39, 0.29) is 0 Å². The second kappa shape index (κ2) is 3.19. The van der Waals surface area contributed by atoms with Crippen molar-refractivity contribution in [1.29, 1.82) is 5.26 Å². The number of hydrogen-bond donors (Lipinski definition) is 1. The molecule has 13 heavy (non-hydrogen) atoms. The molecule has 1 heterocycles. The van der Waals surface area contributed by atoms with Crippen molar-refractivity contribution in [3.05, 3.63) is 28.4 Å². The van der Waals surface area contributed by atoms with E-state index >= 15 is 0 Å². The van der Waals surface area contributed by atoms with E-state index in [1.54, 1.807) is 0 Å². The van der Waals surface area contributed by atoms with E-state index < -0.39 is 0 Å². The summed E-state index contributed by atoms with van der Waals surface area (Å²) in [4.78, 5) is 0. The molecule has 0 saturated carbocycles. The molecule has 64 valence electrons. The number of rotatable bonds is 1. The Morgan fingerprint density at radius 2 is 2.38 bits per heavy atom. The summed E-state index contributed by atoms with van der Waals surface area (Å²) < 4.78 is 0.949. The highest BCUT2D eigenvalue weighted by molar-refractivity contribution is 9.10. The third kappa shape index (κ3) is 1.31. The molecule has 2 rings (SSSR count). The fourth-order valence-electron chi connectivity index (χ4n) is 1.27. The summed E-state index contributed by atoms with van der Waals surface area (Å²) in [5.41, 5.74) is 1.76. The van der Waals surface area contributed by atoms with Gasteiger partial charge in [-0.3, -0.25) is 5.10 Å². The van der Waals surface area contributed by atoms with Gasteiger partial charge in [-0.1, -0.05) is 12.1 Å². The summed E-state index contributed by atoms with van der Waals surface area (Å²) in [6, 6.07) is 7.91. The van der Waals surface area contributed by atoms with Crippen LogP contribution in [0.4, 0.5) is 0 Å². The molecule has 0 radical (unpaired) electrons. The van der Waals surface area contributed by atoms with Crippen LogP contribution in [0.2, 0.25) is 0 Å². The van der Waals surface area contributed by atoms with Crippen molar-refractivity contribution in [1.82, 2.24) is 10.2 Å². The van der Waals surface area contributed by atoms with Gasteiger partial charge >= 0.3 is 0 Å². The van der Waals surface area contributed by atoms with Crippen LogP contribution in [-0.4, -0.2) is 10.2 Å². The minimum absolute atomic E-state index is 0.368. The van der Waals surface area contributed by atoms with Crippen LogP contribution in [0.25, 0.3) is 10.9 Å². The van der Waals surface area contributed by atoms with Gasteiger partial charge in [-0.15, -0.1) is 0 Å². The Labute approximate surface area is 83.5 Å². The third-order valence-electron chi connectivity index (χ3n) is 1.87. The molecule has 1 aromatic heterocycles. The van der Waals surface area contributed by atoms with Crippen molar-refractivity contribution >= 4 is 26.8 Å². The van der Waals surface area contributed by atoms with Crippen LogP contribution < -0.4 is 0 Å². The fourth-order valence-corrected chi connectivity index (χ4v) is 1.72. The second-order valence-electron chi connectivity index (χ2n) is 2.67. The Kier molecular flexibility index (Phi) is 2.03. The third-order valence-corrected chi connectivity index (χ3v) is 2.51. The smallest absolute Gasteiger partial charge is 0.107 e.